The lowest BCUT2D eigenvalue weighted by atomic mass is 10.1. The molecule has 0 aromatic heterocycles. The Kier molecular flexibility index (Phi) is 5.48. The molecule has 0 heterocycles. The highest BCUT2D eigenvalue weighted by Crippen LogP contribution is 2.08. The number of carbonyl (C=O) groups excluding carboxylic acids is 1. The van der Waals surface area contributed by atoms with Crippen LogP contribution in [0, 0.1) is 6.92 Å². The van der Waals surface area contributed by atoms with Crippen LogP contribution < -0.4 is 5.43 Å². The number of hydrazone groups is 1. The summed E-state index contributed by atoms with van der Waals surface area (Å²) in [4.78, 5) is 12.0. The molecule has 0 fully saturated rings. The second-order valence-corrected chi connectivity index (χ2v) is 5.45. The molecular formula is C19H22N2O. The molecule has 2 aromatic rings. The van der Waals surface area contributed by atoms with E-state index in [9.17, 15) is 4.79 Å². The van der Waals surface area contributed by atoms with Gasteiger partial charge in [-0.05, 0) is 43.5 Å². The Morgan fingerprint density at radius 1 is 1.00 bits per heavy atom. The van der Waals surface area contributed by atoms with Gasteiger partial charge in [-0.3, -0.25) is 4.79 Å². The van der Waals surface area contributed by atoms with E-state index in [2.05, 4.69) is 29.6 Å². The van der Waals surface area contributed by atoms with E-state index in [1.54, 1.807) is 12.1 Å². The van der Waals surface area contributed by atoms with Gasteiger partial charge in [-0.25, -0.2) is 5.43 Å². The monoisotopic (exact) mass is 294 g/mol. The second kappa shape index (κ2) is 7.55. The molecule has 2 rings (SSSR count). The molecule has 3 heteroatoms. The molecule has 0 aliphatic heterocycles. The average Bonchev–Trinajstić information content (AvgIpc) is 2.54. The fourth-order valence-corrected chi connectivity index (χ4v) is 2.17. The van der Waals surface area contributed by atoms with Gasteiger partial charge in [-0.1, -0.05) is 55.3 Å². The first-order valence-corrected chi connectivity index (χ1v) is 7.60. The zero-order valence-electron chi connectivity index (χ0n) is 13.4. The van der Waals surface area contributed by atoms with Gasteiger partial charge in [0.1, 0.15) is 0 Å². The predicted molar refractivity (Wildman–Crippen MR) is 91.3 cm³/mol. The van der Waals surface area contributed by atoms with Crippen molar-refractivity contribution in [2.75, 3.05) is 0 Å². The molecule has 0 saturated carbocycles. The van der Waals surface area contributed by atoms with Crippen LogP contribution in [0.5, 0.6) is 0 Å². The average molecular weight is 294 g/mol. The van der Waals surface area contributed by atoms with Gasteiger partial charge < -0.3 is 0 Å². The van der Waals surface area contributed by atoms with Gasteiger partial charge in [0.25, 0.3) is 5.91 Å². The van der Waals surface area contributed by atoms with Gasteiger partial charge in [0.05, 0.1) is 5.71 Å². The van der Waals surface area contributed by atoms with Gasteiger partial charge >= 0.3 is 0 Å². The summed E-state index contributed by atoms with van der Waals surface area (Å²) in [7, 11) is 0. The number of hydrogen-bond acceptors (Lipinski definition) is 2. The minimum atomic E-state index is -0.193. The Morgan fingerprint density at radius 3 is 2.18 bits per heavy atom. The Morgan fingerprint density at radius 2 is 1.59 bits per heavy atom. The highest BCUT2D eigenvalue weighted by atomic mass is 16.2. The van der Waals surface area contributed by atoms with E-state index in [0.29, 0.717) is 5.56 Å². The van der Waals surface area contributed by atoms with E-state index >= 15 is 0 Å². The van der Waals surface area contributed by atoms with Crippen molar-refractivity contribution in [1.82, 2.24) is 5.43 Å². The summed E-state index contributed by atoms with van der Waals surface area (Å²) in [5.41, 5.74) is 7.48. The number of nitrogens with zero attached hydrogens (tertiary/aromatic N) is 1. The van der Waals surface area contributed by atoms with Crippen LogP contribution in [0.15, 0.2) is 53.6 Å². The molecular weight excluding hydrogens is 272 g/mol. The third-order valence-corrected chi connectivity index (χ3v) is 3.55. The molecule has 114 valence electrons. The largest absolute Gasteiger partial charge is 0.271 e. The van der Waals surface area contributed by atoms with E-state index in [1.807, 2.05) is 38.1 Å². The Balaban J connectivity index is 2.02. The summed E-state index contributed by atoms with van der Waals surface area (Å²) in [5, 5.41) is 4.19. The van der Waals surface area contributed by atoms with Crippen LogP contribution in [0.1, 0.15) is 47.3 Å². The van der Waals surface area contributed by atoms with Crippen LogP contribution in [0.25, 0.3) is 0 Å². The number of amides is 1. The molecule has 0 aliphatic rings. The third-order valence-electron chi connectivity index (χ3n) is 3.55. The third kappa shape index (κ3) is 4.29. The first-order chi connectivity index (χ1) is 10.6. The normalized spacial score (nSPS) is 11.3. The molecule has 0 unspecified atom stereocenters. The number of carbonyl (C=O) groups is 1. The van der Waals surface area contributed by atoms with Crippen LogP contribution in [-0.2, 0) is 6.42 Å². The number of hydrogen-bond donors (Lipinski definition) is 1. The molecule has 0 spiro atoms. The fourth-order valence-electron chi connectivity index (χ4n) is 2.17. The maximum atomic E-state index is 12.0. The lowest BCUT2D eigenvalue weighted by Crippen LogP contribution is -2.19. The maximum absolute atomic E-state index is 12.0. The van der Waals surface area contributed by atoms with Crippen molar-refractivity contribution in [3.8, 4) is 0 Å². The van der Waals surface area contributed by atoms with E-state index in [1.165, 1.54) is 5.56 Å². The predicted octanol–water partition coefficient (Wildman–Crippen LogP) is 4.10. The standard InChI is InChI=1S/C19H22N2O/c1-4-5-16-8-12-17(13-9-16)15(3)20-21-19(22)18-10-6-14(2)7-11-18/h6-13H,4-5H2,1-3H3,(H,21,22). The quantitative estimate of drug-likeness (QED) is 0.654. The molecule has 0 aliphatic carbocycles. The minimum Gasteiger partial charge on any atom is -0.267 e. The Bertz CT molecular complexity index is 655. The second-order valence-electron chi connectivity index (χ2n) is 5.45. The highest BCUT2D eigenvalue weighted by molar-refractivity contribution is 6.00. The molecule has 22 heavy (non-hydrogen) atoms. The Hall–Kier alpha value is -2.42. The van der Waals surface area contributed by atoms with Crippen LogP contribution in [0.3, 0.4) is 0 Å². The first kappa shape index (κ1) is 16.0. The molecule has 0 atom stereocenters. The van der Waals surface area contributed by atoms with Gasteiger partial charge in [-0.2, -0.15) is 5.10 Å². The molecule has 0 saturated heterocycles. The zero-order chi connectivity index (χ0) is 15.9. The summed E-state index contributed by atoms with van der Waals surface area (Å²) in [6.07, 6.45) is 2.22. The van der Waals surface area contributed by atoms with E-state index < -0.39 is 0 Å². The summed E-state index contributed by atoms with van der Waals surface area (Å²) < 4.78 is 0. The lowest BCUT2D eigenvalue weighted by Gasteiger charge is -2.05. The van der Waals surface area contributed by atoms with Crippen LogP contribution in [0.4, 0.5) is 0 Å². The summed E-state index contributed by atoms with van der Waals surface area (Å²) in [6.45, 7) is 6.05. The van der Waals surface area contributed by atoms with Crippen LogP contribution in [-0.4, -0.2) is 11.6 Å². The van der Waals surface area contributed by atoms with Crippen molar-refractivity contribution in [1.29, 1.82) is 0 Å². The van der Waals surface area contributed by atoms with Gasteiger partial charge in [-0.15, -0.1) is 0 Å². The summed E-state index contributed by atoms with van der Waals surface area (Å²) in [6, 6.07) is 15.7. The number of aryl methyl sites for hydroxylation is 2. The molecule has 1 N–H and O–H groups in total. The van der Waals surface area contributed by atoms with Crippen molar-refractivity contribution in [3.05, 3.63) is 70.8 Å². The lowest BCUT2D eigenvalue weighted by molar-refractivity contribution is 0.0955. The summed E-state index contributed by atoms with van der Waals surface area (Å²) >= 11 is 0. The minimum absolute atomic E-state index is 0.193. The van der Waals surface area contributed by atoms with Crippen LogP contribution >= 0.6 is 0 Å². The van der Waals surface area contributed by atoms with E-state index in [0.717, 1.165) is 29.7 Å². The smallest absolute Gasteiger partial charge is 0.267 e. The van der Waals surface area contributed by atoms with Gasteiger partial charge in [0.15, 0.2) is 0 Å². The first-order valence-electron chi connectivity index (χ1n) is 7.60. The molecule has 0 bridgehead atoms. The van der Waals surface area contributed by atoms with Gasteiger partial charge in [0, 0.05) is 5.56 Å². The number of benzene rings is 2. The molecule has 0 radical (unpaired) electrons. The Labute approximate surface area is 132 Å². The van der Waals surface area contributed by atoms with Crippen molar-refractivity contribution in [2.24, 2.45) is 5.10 Å². The van der Waals surface area contributed by atoms with Crippen molar-refractivity contribution in [3.63, 3.8) is 0 Å². The highest BCUT2D eigenvalue weighted by Gasteiger charge is 2.04. The zero-order valence-corrected chi connectivity index (χ0v) is 13.4. The van der Waals surface area contributed by atoms with Crippen molar-refractivity contribution in [2.45, 2.75) is 33.6 Å². The van der Waals surface area contributed by atoms with Crippen molar-refractivity contribution >= 4 is 11.6 Å². The SMILES string of the molecule is CCCc1ccc(C(C)=NNC(=O)c2ccc(C)cc2)cc1. The van der Waals surface area contributed by atoms with E-state index in [4.69, 9.17) is 0 Å². The van der Waals surface area contributed by atoms with Crippen LogP contribution in [0.2, 0.25) is 0 Å². The number of rotatable bonds is 5. The fraction of sp³-hybridized carbons (Fsp3) is 0.263. The summed E-state index contributed by atoms with van der Waals surface area (Å²) in [5.74, 6) is -0.193. The van der Waals surface area contributed by atoms with Gasteiger partial charge in [0.2, 0.25) is 0 Å². The molecule has 1 amide bonds. The number of nitrogens with one attached hydrogen (secondary N) is 1. The topological polar surface area (TPSA) is 41.5 Å². The van der Waals surface area contributed by atoms with Crippen molar-refractivity contribution < 1.29 is 4.79 Å². The van der Waals surface area contributed by atoms with E-state index in [-0.39, 0.29) is 5.91 Å². The maximum Gasteiger partial charge on any atom is 0.271 e. The molecule has 2 aromatic carbocycles. The molecule has 3 nitrogen and oxygen atoms in total.